The van der Waals surface area contributed by atoms with Crippen LogP contribution in [0, 0.1) is 0 Å². The van der Waals surface area contributed by atoms with Crippen LogP contribution in [0.3, 0.4) is 0 Å². The highest BCUT2D eigenvalue weighted by atomic mass is 16.7. The summed E-state index contributed by atoms with van der Waals surface area (Å²) in [7, 11) is 4.51. The molecule has 0 aliphatic heterocycles. The van der Waals surface area contributed by atoms with Crippen LogP contribution in [0.5, 0.6) is 5.75 Å². The third-order valence-corrected chi connectivity index (χ3v) is 8.12. The Morgan fingerprint density at radius 2 is 1.31 bits per heavy atom. The molecular weight excluding hydrogens is 518 g/mol. The van der Waals surface area contributed by atoms with E-state index in [-0.39, 0.29) is 5.97 Å². The molecule has 0 spiro atoms. The van der Waals surface area contributed by atoms with E-state index >= 15 is 0 Å². The molecule has 0 fully saturated rings. The molecular formula is C38H62NO3+. The van der Waals surface area contributed by atoms with Gasteiger partial charge < -0.3 is 14.0 Å². The van der Waals surface area contributed by atoms with E-state index < -0.39 is 6.29 Å². The second kappa shape index (κ2) is 22.2. The molecule has 2 rings (SSSR count). The number of carbonyl (C=O) groups excluding carboxylic acids is 1. The van der Waals surface area contributed by atoms with Crippen molar-refractivity contribution in [2.75, 3.05) is 20.6 Å². The Morgan fingerprint density at radius 3 is 1.95 bits per heavy atom. The lowest BCUT2D eigenvalue weighted by Crippen LogP contribution is -2.39. The van der Waals surface area contributed by atoms with Crippen LogP contribution in [0.2, 0.25) is 0 Å². The molecule has 0 aliphatic rings. The van der Waals surface area contributed by atoms with Crippen LogP contribution in [-0.4, -0.2) is 37.4 Å². The number of nitrogens with zero attached hydrogens (tertiary/aromatic N) is 1. The second-order valence-corrected chi connectivity index (χ2v) is 12.9. The number of hydrogen-bond acceptors (Lipinski definition) is 3. The largest absolute Gasteiger partial charge is 0.455 e. The van der Waals surface area contributed by atoms with Gasteiger partial charge in [0.1, 0.15) is 12.3 Å². The Bertz CT molecular complexity index is 942. The number of hydrogen-bond donors (Lipinski definition) is 0. The van der Waals surface area contributed by atoms with Crippen molar-refractivity contribution in [2.45, 2.75) is 142 Å². The van der Waals surface area contributed by atoms with Gasteiger partial charge in [-0.25, -0.2) is 0 Å². The first-order valence-corrected chi connectivity index (χ1v) is 17.2. The minimum absolute atomic E-state index is 0.158. The molecule has 236 valence electrons. The average Bonchev–Trinajstić information content (AvgIpc) is 2.96. The van der Waals surface area contributed by atoms with Crippen molar-refractivity contribution in [1.82, 2.24) is 0 Å². The highest BCUT2D eigenvalue weighted by molar-refractivity contribution is 5.69. The van der Waals surface area contributed by atoms with Gasteiger partial charge in [-0.1, -0.05) is 127 Å². The number of esters is 1. The van der Waals surface area contributed by atoms with E-state index in [0.29, 0.717) is 12.8 Å². The van der Waals surface area contributed by atoms with Crippen LogP contribution in [0.15, 0.2) is 54.6 Å². The van der Waals surface area contributed by atoms with Gasteiger partial charge in [0, 0.05) is 18.4 Å². The second-order valence-electron chi connectivity index (χ2n) is 12.9. The zero-order valence-electron chi connectivity index (χ0n) is 27.6. The van der Waals surface area contributed by atoms with E-state index in [9.17, 15) is 4.79 Å². The van der Waals surface area contributed by atoms with Gasteiger partial charge in [-0.3, -0.25) is 4.79 Å². The summed E-state index contributed by atoms with van der Waals surface area (Å²) in [6, 6.07) is 19.0. The van der Waals surface area contributed by atoms with Gasteiger partial charge in [0.05, 0.1) is 20.6 Å². The maximum atomic E-state index is 12.6. The number of carbonyl (C=O) groups is 1. The summed E-state index contributed by atoms with van der Waals surface area (Å²) in [6.45, 7) is 6.41. The molecule has 0 aliphatic carbocycles. The summed E-state index contributed by atoms with van der Waals surface area (Å²) >= 11 is 0. The quantitative estimate of drug-likeness (QED) is 0.0507. The van der Waals surface area contributed by atoms with Crippen LogP contribution in [0.25, 0.3) is 0 Å². The molecule has 1 atom stereocenters. The van der Waals surface area contributed by atoms with Crippen molar-refractivity contribution in [3.63, 3.8) is 0 Å². The van der Waals surface area contributed by atoms with Crippen molar-refractivity contribution in [3.05, 3.63) is 65.7 Å². The van der Waals surface area contributed by atoms with Gasteiger partial charge in [0.25, 0.3) is 0 Å². The normalized spacial score (nSPS) is 12.3. The lowest BCUT2D eigenvalue weighted by Gasteiger charge is -2.30. The fraction of sp³-hybridized carbons (Fsp3) is 0.658. The van der Waals surface area contributed by atoms with Gasteiger partial charge in [-0.15, -0.1) is 0 Å². The molecule has 42 heavy (non-hydrogen) atoms. The zero-order valence-corrected chi connectivity index (χ0v) is 27.6. The Kier molecular flexibility index (Phi) is 19.0. The lowest BCUT2D eigenvalue weighted by molar-refractivity contribution is -0.903. The average molecular weight is 581 g/mol. The van der Waals surface area contributed by atoms with Crippen LogP contribution in [0.1, 0.15) is 134 Å². The van der Waals surface area contributed by atoms with Crippen molar-refractivity contribution < 1.29 is 18.8 Å². The molecule has 0 bridgehead atoms. The third kappa shape index (κ3) is 17.6. The van der Waals surface area contributed by atoms with E-state index in [4.69, 9.17) is 9.47 Å². The standard InChI is InChI=1S/C38H62NO3/c1-5-7-8-9-10-11-12-13-14-15-16-18-25-34-28-23-29-36(32-34)41-38(24-6-2)42-37(40)30-21-22-31-39(3,4)33-35-26-19-17-20-27-35/h17,19-20,23,26-29,32,38H,5-16,18,21-22,24-25,30-31,33H2,1-4H3/q+1. The molecule has 0 N–H and O–H groups in total. The molecule has 2 aromatic carbocycles. The van der Waals surface area contributed by atoms with E-state index in [1.54, 1.807) is 0 Å². The first-order valence-electron chi connectivity index (χ1n) is 17.2. The van der Waals surface area contributed by atoms with Gasteiger partial charge in [-0.05, 0) is 49.8 Å². The van der Waals surface area contributed by atoms with E-state index in [2.05, 4.69) is 76.5 Å². The smallest absolute Gasteiger partial charge is 0.308 e. The number of benzene rings is 2. The van der Waals surface area contributed by atoms with Gasteiger partial charge in [0.2, 0.25) is 6.29 Å². The van der Waals surface area contributed by atoms with Crippen LogP contribution in [-0.2, 0) is 22.5 Å². The summed E-state index contributed by atoms with van der Waals surface area (Å²) in [5.74, 6) is 0.645. The number of rotatable bonds is 25. The summed E-state index contributed by atoms with van der Waals surface area (Å²) < 4.78 is 12.8. The van der Waals surface area contributed by atoms with E-state index in [1.165, 1.54) is 88.2 Å². The molecule has 0 saturated carbocycles. The topological polar surface area (TPSA) is 35.5 Å². The molecule has 2 aromatic rings. The summed E-state index contributed by atoms with van der Waals surface area (Å²) in [6.07, 6.45) is 20.9. The zero-order chi connectivity index (χ0) is 30.3. The number of ether oxygens (including phenoxy) is 2. The SMILES string of the molecule is CCCCCCCCCCCCCCc1cccc(OC(CCC)OC(=O)CCCC[N+](C)(C)Cc2ccccc2)c1. The highest BCUT2D eigenvalue weighted by Crippen LogP contribution is 2.20. The summed E-state index contributed by atoms with van der Waals surface area (Å²) in [5.41, 5.74) is 2.65. The van der Waals surface area contributed by atoms with E-state index in [1.807, 2.05) is 6.07 Å². The molecule has 4 heteroatoms. The number of aryl methyl sites for hydroxylation is 1. The maximum Gasteiger partial charge on any atom is 0.308 e. The van der Waals surface area contributed by atoms with Crippen molar-refractivity contribution in [1.29, 1.82) is 0 Å². The third-order valence-electron chi connectivity index (χ3n) is 8.12. The van der Waals surface area contributed by atoms with Crippen LogP contribution < -0.4 is 4.74 Å². The minimum Gasteiger partial charge on any atom is -0.455 e. The molecule has 0 saturated heterocycles. The summed E-state index contributed by atoms with van der Waals surface area (Å²) in [4.78, 5) is 12.6. The van der Waals surface area contributed by atoms with E-state index in [0.717, 1.165) is 49.0 Å². The Labute approximate surface area is 258 Å². The number of unbranched alkanes of at least 4 members (excludes halogenated alkanes) is 12. The first-order chi connectivity index (χ1) is 20.4. The van der Waals surface area contributed by atoms with Crippen LogP contribution in [0.4, 0.5) is 0 Å². The first kappa shape index (κ1) is 35.9. The fourth-order valence-corrected chi connectivity index (χ4v) is 5.65. The van der Waals surface area contributed by atoms with Gasteiger partial charge in [0.15, 0.2) is 0 Å². The van der Waals surface area contributed by atoms with Crippen molar-refractivity contribution in [2.24, 2.45) is 0 Å². The maximum absolute atomic E-state index is 12.6. The van der Waals surface area contributed by atoms with Crippen LogP contribution >= 0.6 is 0 Å². The molecule has 1 unspecified atom stereocenters. The fourth-order valence-electron chi connectivity index (χ4n) is 5.65. The molecule has 0 radical (unpaired) electrons. The molecule has 4 nitrogen and oxygen atoms in total. The highest BCUT2D eigenvalue weighted by Gasteiger charge is 2.18. The lowest BCUT2D eigenvalue weighted by atomic mass is 10.0. The van der Waals surface area contributed by atoms with Gasteiger partial charge >= 0.3 is 5.97 Å². The molecule has 0 heterocycles. The predicted molar refractivity (Wildman–Crippen MR) is 178 cm³/mol. The Balaban J connectivity index is 1.62. The Morgan fingerprint density at radius 1 is 0.690 bits per heavy atom. The minimum atomic E-state index is -0.519. The van der Waals surface area contributed by atoms with Crippen molar-refractivity contribution >= 4 is 5.97 Å². The number of quaternary nitrogens is 1. The van der Waals surface area contributed by atoms with Crippen molar-refractivity contribution in [3.8, 4) is 5.75 Å². The summed E-state index contributed by atoms with van der Waals surface area (Å²) in [5, 5.41) is 0. The monoisotopic (exact) mass is 580 g/mol. The predicted octanol–water partition coefficient (Wildman–Crippen LogP) is 10.4. The van der Waals surface area contributed by atoms with Gasteiger partial charge in [-0.2, -0.15) is 0 Å². The molecule has 0 aromatic heterocycles. The molecule has 0 amide bonds. The Hall–Kier alpha value is -2.33.